The maximum Gasteiger partial charge on any atom is 0.0254 e. The number of unbranched alkanes of at least 4 members (excludes halogenated alkanes) is 2. The molecule has 0 heterocycles. The van der Waals surface area contributed by atoms with Gasteiger partial charge < -0.3 is 5.32 Å². The van der Waals surface area contributed by atoms with E-state index in [9.17, 15) is 0 Å². The molecule has 1 rings (SSSR count). The zero-order valence-corrected chi connectivity index (χ0v) is 15.4. The summed E-state index contributed by atoms with van der Waals surface area (Å²) >= 11 is 0. The van der Waals surface area contributed by atoms with Crippen molar-refractivity contribution in [2.75, 3.05) is 19.6 Å². The zero-order valence-electron chi connectivity index (χ0n) is 15.4. The third-order valence-electron chi connectivity index (χ3n) is 5.08. The van der Waals surface area contributed by atoms with E-state index >= 15 is 0 Å². The second-order valence-corrected chi connectivity index (χ2v) is 7.78. The minimum absolute atomic E-state index is 0.520. The van der Waals surface area contributed by atoms with Crippen LogP contribution in [-0.4, -0.2) is 36.6 Å². The van der Waals surface area contributed by atoms with Crippen molar-refractivity contribution < 1.29 is 0 Å². The van der Waals surface area contributed by atoms with Gasteiger partial charge in [-0.3, -0.25) is 4.90 Å². The first kappa shape index (κ1) is 19.0. The van der Waals surface area contributed by atoms with Crippen LogP contribution in [0.5, 0.6) is 0 Å². The molecule has 0 aliphatic heterocycles. The maximum atomic E-state index is 3.85. The van der Waals surface area contributed by atoms with Crippen molar-refractivity contribution >= 4 is 0 Å². The predicted octanol–water partition coefficient (Wildman–Crippen LogP) is 4.84. The number of nitrogens with zero attached hydrogens (tertiary/aromatic N) is 1. The lowest BCUT2D eigenvalue weighted by Gasteiger charge is -2.46. The Labute approximate surface area is 134 Å². The molecule has 2 unspecified atom stereocenters. The van der Waals surface area contributed by atoms with E-state index in [4.69, 9.17) is 0 Å². The molecule has 1 aliphatic rings. The van der Waals surface area contributed by atoms with E-state index in [2.05, 4.69) is 44.8 Å². The van der Waals surface area contributed by atoms with E-state index in [1.807, 2.05) is 0 Å². The predicted molar refractivity (Wildman–Crippen MR) is 94.9 cm³/mol. The normalized spacial score (nSPS) is 25.4. The van der Waals surface area contributed by atoms with Gasteiger partial charge in [0, 0.05) is 12.1 Å². The van der Waals surface area contributed by atoms with Crippen molar-refractivity contribution in [3.8, 4) is 0 Å². The van der Waals surface area contributed by atoms with Gasteiger partial charge in [0.25, 0.3) is 0 Å². The van der Waals surface area contributed by atoms with Crippen LogP contribution < -0.4 is 5.32 Å². The summed E-state index contributed by atoms with van der Waals surface area (Å²) in [5, 5.41) is 3.85. The standard InChI is InChI=1S/C19H40N2/c1-6-9-14-21(15-10-7-2)18-16-19(4,5)12-11-17(18)20-13-8-3/h17-18,20H,6-16H2,1-5H3. The molecule has 0 radical (unpaired) electrons. The molecule has 0 saturated heterocycles. The molecule has 1 aliphatic carbocycles. The first-order valence-electron chi connectivity index (χ1n) is 9.51. The maximum absolute atomic E-state index is 3.85. The Bertz CT molecular complexity index is 254. The molecule has 21 heavy (non-hydrogen) atoms. The number of nitrogens with one attached hydrogen (secondary N) is 1. The van der Waals surface area contributed by atoms with Crippen molar-refractivity contribution in [2.24, 2.45) is 5.41 Å². The van der Waals surface area contributed by atoms with Crippen LogP contribution in [0.2, 0.25) is 0 Å². The van der Waals surface area contributed by atoms with E-state index in [-0.39, 0.29) is 0 Å². The summed E-state index contributed by atoms with van der Waals surface area (Å²) in [6.45, 7) is 15.6. The van der Waals surface area contributed by atoms with Crippen LogP contribution in [-0.2, 0) is 0 Å². The van der Waals surface area contributed by atoms with Crippen molar-refractivity contribution in [1.82, 2.24) is 10.2 Å². The van der Waals surface area contributed by atoms with Gasteiger partial charge in [0.1, 0.15) is 0 Å². The molecule has 0 aromatic heterocycles. The largest absolute Gasteiger partial charge is 0.312 e. The highest BCUT2D eigenvalue weighted by Crippen LogP contribution is 2.37. The van der Waals surface area contributed by atoms with Crippen LogP contribution >= 0.6 is 0 Å². The Kier molecular flexibility index (Phi) is 8.89. The van der Waals surface area contributed by atoms with Gasteiger partial charge >= 0.3 is 0 Å². The van der Waals surface area contributed by atoms with Crippen LogP contribution in [0.25, 0.3) is 0 Å². The van der Waals surface area contributed by atoms with Crippen LogP contribution in [0.4, 0.5) is 0 Å². The summed E-state index contributed by atoms with van der Waals surface area (Å²) in [7, 11) is 0. The van der Waals surface area contributed by atoms with Crippen molar-refractivity contribution in [1.29, 1.82) is 0 Å². The second-order valence-electron chi connectivity index (χ2n) is 7.78. The van der Waals surface area contributed by atoms with E-state index in [0.29, 0.717) is 11.5 Å². The number of hydrogen-bond acceptors (Lipinski definition) is 2. The Balaban J connectivity index is 2.73. The molecule has 126 valence electrons. The molecule has 0 bridgehead atoms. The summed E-state index contributed by atoms with van der Waals surface area (Å²) in [6.07, 6.45) is 10.7. The quantitative estimate of drug-likeness (QED) is 0.621. The third-order valence-corrected chi connectivity index (χ3v) is 5.08. The van der Waals surface area contributed by atoms with Gasteiger partial charge in [-0.05, 0) is 63.6 Å². The molecular formula is C19H40N2. The topological polar surface area (TPSA) is 15.3 Å². The fourth-order valence-electron chi connectivity index (χ4n) is 3.67. The molecule has 1 N–H and O–H groups in total. The molecule has 2 atom stereocenters. The molecule has 1 saturated carbocycles. The molecular weight excluding hydrogens is 256 g/mol. The molecule has 1 fully saturated rings. The molecule has 0 aromatic rings. The Morgan fingerprint density at radius 1 is 1.00 bits per heavy atom. The minimum Gasteiger partial charge on any atom is -0.312 e. The Hall–Kier alpha value is -0.0800. The molecule has 0 spiro atoms. The molecule has 0 aromatic carbocycles. The van der Waals surface area contributed by atoms with Crippen molar-refractivity contribution in [3.63, 3.8) is 0 Å². The van der Waals surface area contributed by atoms with Gasteiger partial charge in [-0.1, -0.05) is 47.5 Å². The van der Waals surface area contributed by atoms with Gasteiger partial charge in [0.05, 0.1) is 0 Å². The lowest BCUT2D eigenvalue weighted by Crippen LogP contribution is -2.55. The molecule has 2 nitrogen and oxygen atoms in total. The summed E-state index contributed by atoms with van der Waals surface area (Å²) in [5.41, 5.74) is 0.520. The van der Waals surface area contributed by atoms with Gasteiger partial charge in [0.2, 0.25) is 0 Å². The monoisotopic (exact) mass is 296 g/mol. The highest BCUT2D eigenvalue weighted by atomic mass is 15.2. The lowest BCUT2D eigenvalue weighted by molar-refractivity contribution is 0.0626. The van der Waals surface area contributed by atoms with E-state index in [1.54, 1.807) is 0 Å². The first-order chi connectivity index (χ1) is 10.0. The summed E-state index contributed by atoms with van der Waals surface area (Å²) in [4.78, 5) is 2.82. The zero-order chi connectivity index (χ0) is 15.7. The number of hydrogen-bond donors (Lipinski definition) is 1. The van der Waals surface area contributed by atoms with E-state index in [0.717, 1.165) is 6.04 Å². The first-order valence-corrected chi connectivity index (χ1v) is 9.51. The lowest BCUT2D eigenvalue weighted by atomic mass is 9.72. The van der Waals surface area contributed by atoms with Crippen LogP contribution in [0.1, 0.15) is 86.0 Å². The van der Waals surface area contributed by atoms with Crippen molar-refractivity contribution in [2.45, 2.75) is 98.1 Å². The average molecular weight is 297 g/mol. The number of rotatable bonds is 10. The Morgan fingerprint density at radius 3 is 2.14 bits per heavy atom. The Morgan fingerprint density at radius 2 is 1.62 bits per heavy atom. The van der Waals surface area contributed by atoms with Crippen LogP contribution in [0.15, 0.2) is 0 Å². The second kappa shape index (κ2) is 9.84. The molecule has 0 amide bonds. The third kappa shape index (κ3) is 6.69. The van der Waals surface area contributed by atoms with E-state index in [1.165, 1.54) is 71.0 Å². The summed E-state index contributed by atoms with van der Waals surface area (Å²) < 4.78 is 0. The van der Waals surface area contributed by atoms with Gasteiger partial charge in [0.15, 0.2) is 0 Å². The molecule has 2 heteroatoms. The van der Waals surface area contributed by atoms with Crippen LogP contribution in [0, 0.1) is 5.41 Å². The van der Waals surface area contributed by atoms with Crippen LogP contribution in [0.3, 0.4) is 0 Å². The van der Waals surface area contributed by atoms with Gasteiger partial charge in [-0.2, -0.15) is 0 Å². The average Bonchev–Trinajstić information content (AvgIpc) is 2.45. The fourth-order valence-corrected chi connectivity index (χ4v) is 3.67. The summed E-state index contributed by atoms with van der Waals surface area (Å²) in [6, 6.07) is 1.46. The fraction of sp³-hybridized carbons (Fsp3) is 1.00. The SMILES string of the molecule is CCCCN(CCCC)C1CC(C)(C)CCC1NCCC. The van der Waals surface area contributed by atoms with E-state index < -0.39 is 0 Å². The van der Waals surface area contributed by atoms with Gasteiger partial charge in [-0.15, -0.1) is 0 Å². The smallest absolute Gasteiger partial charge is 0.0254 e. The minimum atomic E-state index is 0.520. The summed E-state index contributed by atoms with van der Waals surface area (Å²) in [5.74, 6) is 0. The van der Waals surface area contributed by atoms with Crippen molar-refractivity contribution in [3.05, 3.63) is 0 Å². The highest BCUT2D eigenvalue weighted by molar-refractivity contribution is 4.94. The highest BCUT2D eigenvalue weighted by Gasteiger charge is 2.37. The van der Waals surface area contributed by atoms with Gasteiger partial charge in [-0.25, -0.2) is 0 Å².